The molecule has 0 N–H and O–H groups in total. The van der Waals surface area contributed by atoms with Crippen LogP contribution in [0.15, 0.2) is 24.3 Å². The third-order valence-corrected chi connectivity index (χ3v) is 2.98. The number of hydrogen-bond acceptors (Lipinski definition) is 2. The van der Waals surface area contributed by atoms with Crippen molar-refractivity contribution in [2.75, 3.05) is 13.7 Å². The molecule has 1 amide bonds. The summed E-state index contributed by atoms with van der Waals surface area (Å²) in [7, 11) is 1.65. The van der Waals surface area contributed by atoms with Crippen LogP contribution in [0.2, 0.25) is 0 Å². The van der Waals surface area contributed by atoms with Crippen molar-refractivity contribution < 1.29 is 9.53 Å². The minimum absolute atomic E-state index is 0.0934. The molecule has 1 atom stereocenters. The molecule has 0 spiro atoms. The summed E-state index contributed by atoms with van der Waals surface area (Å²) in [6.07, 6.45) is 1.89. The molecule has 1 unspecified atom stereocenters. The average Bonchev–Trinajstić information content (AvgIpc) is 2.60. The number of methoxy groups -OCH3 is 1. The Morgan fingerprint density at radius 1 is 1.38 bits per heavy atom. The number of hydrogen-bond donors (Lipinski definition) is 0. The Morgan fingerprint density at radius 3 is 2.81 bits per heavy atom. The van der Waals surface area contributed by atoms with Gasteiger partial charge in [-0.1, -0.05) is 31.5 Å². The first kappa shape index (κ1) is 11.1. The standard InChI is InChI=1S/C13H17NO2/c1-3-4-9-14-12(15)10-7-5-6-8-11(10)13(14)16-2/h5-8,13H,3-4,9H2,1-2H3. The highest BCUT2D eigenvalue weighted by Crippen LogP contribution is 2.33. The van der Waals surface area contributed by atoms with Crippen molar-refractivity contribution in [3.05, 3.63) is 35.4 Å². The molecule has 0 aromatic heterocycles. The van der Waals surface area contributed by atoms with Gasteiger partial charge in [0.25, 0.3) is 5.91 Å². The van der Waals surface area contributed by atoms with Crippen LogP contribution in [-0.2, 0) is 4.74 Å². The van der Waals surface area contributed by atoms with Crippen molar-refractivity contribution in [1.29, 1.82) is 0 Å². The predicted molar refractivity (Wildman–Crippen MR) is 62.1 cm³/mol. The number of benzene rings is 1. The van der Waals surface area contributed by atoms with E-state index in [4.69, 9.17) is 4.74 Å². The van der Waals surface area contributed by atoms with Gasteiger partial charge < -0.3 is 9.64 Å². The van der Waals surface area contributed by atoms with E-state index in [1.807, 2.05) is 29.2 Å². The topological polar surface area (TPSA) is 29.5 Å². The number of amides is 1. The maximum Gasteiger partial charge on any atom is 0.256 e. The SMILES string of the molecule is CCCCN1C(=O)c2ccccc2C1OC. The van der Waals surface area contributed by atoms with E-state index in [9.17, 15) is 4.79 Å². The summed E-state index contributed by atoms with van der Waals surface area (Å²) in [5, 5.41) is 0. The van der Waals surface area contributed by atoms with E-state index in [2.05, 4.69) is 6.92 Å². The number of ether oxygens (including phenoxy) is 1. The molecule has 1 aliphatic rings. The molecule has 0 radical (unpaired) electrons. The highest BCUT2D eigenvalue weighted by molar-refractivity contribution is 5.98. The molecule has 0 bridgehead atoms. The number of unbranched alkanes of at least 4 members (excludes halogenated alkanes) is 1. The lowest BCUT2D eigenvalue weighted by Gasteiger charge is -2.23. The summed E-state index contributed by atoms with van der Waals surface area (Å²) in [4.78, 5) is 13.9. The number of carbonyl (C=O) groups is 1. The zero-order chi connectivity index (χ0) is 11.5. The molecule has 3 heteroatoms. The van der Waals surface area contributed by atoms with Gasteiger partial charge in [0.2, 0.25) is 0 Å². The number of nitrogens with zero attached hydrogens (tertiary/aromatic N) is 1. The Balaban J connectivity index is 2.28. The molecular weight excluding hydrogens is 202 g/mol. The molecule has 1 aromatic rings. The molecule has 1 aromatic carbocycles. The molecule has 2 rings (SSSR count). The van der Waals surface area contributed by atoms with E-state index in [1.54, 1.807) is 7.11 Å². The smallest absolute Gasteiger partial charge is 0.256 e. The van der Waals surface area contributed by atoms with Gasteiger partial charge in [0.15, 0.2) is 6.23 Å². The van der Waals surface area contributed by atoms with E-state index < -0.39 is 0 Å². The van der Waals surface area contributed by atoms with Crippen LogP contribution >= 0.6 is 0 Å². The molecule has 1 heterocycles. The predicted octanol–water partition coefficient (Wildman–Crippen LogP) is 2.59. The fourth-order valence-corrected chi connectivity index (χ4v) is 2.14. The van der Waals surface area contributed by atoms with Crippen LogP contribution in [0, 0.1) is 0 Å². The Kier molecular flexibility index (Phi) is 3.25. The quantitative estimate of drug-likeness (QED) is 0.779. The van der Waals surface area contributed by atoms with Crippen LogP contribution in [0.3, 0.4) is 0 Å². The minimum atomic E-state index is -0.199. The van der Waals surface area contributed by atoms with E-state index in [0.717, 1.165) is 30.5 Å². The number of carbonyl (C=O) groups excluding carboxylic acids is 1. The van der Waals surface area contributed by atoms with Crippen molar-refractivity contribution in [1.82, 2.24) is 4.90 Å². The van der Waals surface area contributed by atoms with Crippen LogP contribution in [-0.4, -0.2) is 24.5 Å². The van der Waals surface area contributed by atoms with Gasteiger partial charge in [-0.2, -0.15) is 0 Å². The van der Waals surface area contributed by atoms with Crippen molar-refractivity contribution >= 4 is 5.91 Å². The lowest BCUT2D eigenvalue weighted by atomic mass is 10.1. The van der Waals surface area contributed by atoms with E-state index in [-0.39, 0.29) is 12.1 Å². The van der Waals surface area contributed by atoms with E-state index in [0.29, 0.717) is 0 Å². The fraction of sp³-hybridized carbons (Fsp3) is 0.462. The maximum atomic E-state index is 12.1. The summed E-state index contributed by atoms with van der Waals surface area (Å²) >= 11 is 0. The van der Waals surface area contributed by atoms with Crippen LogP contribution < -0.4 is 0 Å². The van der Waals surface area contributed by atoms with Crippen molar-refractivity contribution in [3.63, 3.8) is 0 Å². The Hall–Kier alpha value is -1.35. The zero-order valence-corrected chi connectivity index (χ0v) is 9.77. The fourth-order valence-electron chi connectivity index (χ4n) is 2.14. The van der Waals surface area contributed by atoms with Crippen molar-refractivity contribution in [3.8, 4) is 0 Å². The molecule has 0 aliphatic carbocycles. The van der Waals surface area contributed by atoms with Crippen LogP contribution in [0.25, 0.3) is 0 Å². The first-order valence-corrected chi connectivity index (χ1v) is 5.72. The van der Waals surface area contributed by atoms with E-state index >= 15 is 0 Å². The largest absolute Gasteiger partial charge is 0.357 e. The lowest BCUT2D eigenvalue weighted by molar-refractivity contribution is -0.0128. The molecular formula is C13H17NO2. The summed E-state index contributed by atoms with van der Waals surface area (Å²) < 4.78 is 5.42. The third kappa shape index (κ3) is 1.71. The Labute approximate surface area is 96.0 Å². The number of fused-ring (bicyclic) bond motifs is 1. The molecule has 16 heavy (non-hydrogen) atoms. The summed E-state index contributed by atoms with van der Waals surface area (Å²) in [6, 6.07) is 7.68. The van der Waals surface area contributed by atoms with Crippen LogP contribution in [0.4, 0.5) is 0 Å². The van der Waals surface area contributed by atoms with Crippen LogP contribution in [0.1, 0.15) is 41.9 Å². The van der Waals surface area contributed by atoms with Crippen molar-refractivity contribution in [2.24, 2.45) is 0 Å². The third-order valence-electron chi connectivity index (χ3n) is 2.98. The summed E-state index contributed by atoms with van der Waals surface area (Å²) in [5.41, 5.74) is 1.77. The Morgan fingerprint density at radius 2 is 2.12 bits per heavy atom. The second-order valence-electron chi connectivity index (χ2n) is 4.03. The molecule has 0 saturated carbocycles. The molecule has 86 valence electrons. The van der Waals surface area contributed by atoms with Gasteiger partial charge in [-0.05, 0) is 12.5 Å². The summed E-state index contributed by atoms with van der Waals surface area (Å²) in [6.45, 7) is 2.89. The highest BCUT2D eigenvalue weighted by atomic mass is 16.5. The minimum Gasteiger partial charge on any atom is -0.357 e. The first-order valence-electron chi connectivity index (χ1n) is 5.72. The zero-order valence-electron chi connectivity index (χ0n) is 9.77. The monoisotopic (exact) mass is 219 g/mol. The normalized spacial score (nSPS) is 19.0. The second kappa shape index (κ2) is 4.66. The van der Waals surface area contributed by atoms with Gasteiger partial charge in [-0.3, -0.25) is 4.79 Å². The van der Waals surface area contributed by atoms with Gasteiger partial charge in [-0.25, -0.2) is 0 Å². The van der Waals surface area contributed by atoms with Gasteiger partial charge in [0.1, 0.15) is 0 Å². The molecule has 3 nitrogen and oxygen atoms in total. The van der Waals surface area contributed by atoms with Gasteiger partial charge in [0.05, 0.1) is 0 Å². The molecule has 0 fully saturated rings. The number of rotatable bonds is 4. The van der Waals surface area contributed by atoms with Gasteiger partial charge in [-0.15, -0.1) is 0 Å². The van der Waals surface area contributed by atoms with Crippen LogP contribution in [0.5, 0.6) is 0 Å². The Bertz CT molecular complexity index is 389. The average molecular weight is 219 g/mol. The molecule has 1 aliphatic heterocycles. The highest BCUT2D eigenvalue weighted by Gasteiger charge is 2.35. The van der Waals surface area contributed by atoms with E-state index in [1.165, 1.54) is 0 Å². The summed E-state index contributed by atoms with van der Waals surface area (Å²) in [5.74, 6) is 0.0934. The second-order valence-corrected chi connectivity index (χ2v) is 4.03. The van der Waals surface area contributed by atoms with Gasteiger partial charge in [0, 0.05) is 24.8 Å². The van der Waals surface area contributed by atoms with Crippen molar-refractivity contribution in [2.45, 2.75) is 26.0 Å². The van der Waals surface area contributed by atoms with Gasteiger partial charge >= 0.3 is 0 Å². The maximum absolute atomic E-state index is 12.1. The first-order chi connectivity index (χ1) is 7.79. The molecule has 0 saturated heterocycles. The lowest BCUT2D eigenvalue weighted by Crippen LogP contribution is -2.29.